The zero-order chi connectivity index (χ0) is 22.3. The summed E-state index contributed by atoms with van der Waals surface area (Å²) in [4.78, 5) is 0. The van der Waals surface area contributed by atoms with Crippen LogP contribution in [0.5, 0.6) is 11.5 Å². The highest BCUT2D eigenvalue weighted by atomic mass is 19.4. The van der Waals surface area contributed by atoms with Gasteiger partial charge in [-0.25, -0.2) is 0 Å². The SMILES string of the molecule is NC1CCC(Nc2nn3c(-c4cccc(OC(F)(F)F)c4)nnc3c3c2NCCO3)CC1. The molecule has 1 aliphatic heterocycles. The average molecular weight is 449 g/mol. The molecule has 0 unspecified atom stereocenters. The van der Waals surface area contributed by atoms with Crippen LogP contribution in [-0.2, 0) is 0 Å². The van der Waals surface area contributed by atoms with Crippen molar-refractivity contribution in [3.63, 3.8) is 0 Å². The van der Waals surface area contributed by atoms with Crippen molar-refractivity contribution >= 4 is 17.2 Å². The lowest BCUT2D eigenvalue weighted by Gasteiger charge is -2.29. The van der Waals surface area contributed by atoms with Crippen molar-refractivity contribution in [3.8, 4) is 22.9 Å². The molecule has 0 saturated heterocycles. The number of hydrogen-bond acceptors (Lipinski definition) is 8. The second-order valence-electron chi connectivity index (χ2n) is 7.92. The number of hydrogen-bond donors (Lipinski definition) is 3. The fourth-order valence-corrected chi connectivity index (χ4v) is 4.09. The molecule has 1 fully saturated rings. The van der Waals surface area contributed by atoms with E-state index in [1.165, 1.54) is 22.7 Å². The number of anilines is 2. The van der Waals surface area contributed by atoms with E-state index in [0.29, 0.717) is 41.6 Å². The molecule has 3 aromatic rings. The smallest absolute Gasteiger partial charge is 0.486 e. The number of nitrogens with zero attached hydrogens (tertiary/aromatic N) is 4. The normalized spacial score (nSPS) is 20.9. The van der Waals surface area contributed by atoms with Crippen molar-refractivity contribution in [3.05, 3.63) is 24.3 Å². The van der Waals surface area contributed by atoms with Gasteiger partial charge in [-0.05, 0) is 37.8 Å². The molecule has 170 valence electrons. The summed E-state index contributed by atoms with van der Waals surface area (Å²) in [7, 11) is 0. The van der Waals surface area contributed by atoms with E-state index in [1.54, 1.807) is 6.07 Å². The molecule has 32 heavy (non-hydrogen) atoms. The Labute approximate surface area is 181 Å². The lowest BCUT2D eigenvalue weighted by molar-refractivity contribution is -0.274. The van der Waals surface area contributed by atoms with Crippen LogP contribution >= 0.6 is 0 Å². The van der Waals surface area contributed by atoms with E-state index in [2.05, 4.69) is 30.7 Å². The van der Waals surface area contributed by atoms with Gasteiger partial charge in [-0.3, -0.25) is 0 Å². The van der Waals surface area contributed by atoms with Gasteiger partial charge in [-0.2, -0.15) is 4.52 Å². The first kappa shape index (κ1) is 20.6. The highest BCUT2D eigenvalue weighted by Crippen LogP contribution is 2.39. The maximum atomic E-state index is 12.6. The molecule has 12 heteroatoms. The molecule has 1 aromatic carbocycles. The number of rotatable bonds is 4. The van der Waals surface area contributed by atoms with Gasteiger partial charge in [0, 0.05) is 24.2 Å². The molecule has 0 radical (unpaired) electrons. The molecule has 0 spiro atoms. The van der Waals surface area contributed by atoms with Gasteiger partial charge in [0.15, 0.2) is 17.4 Å². The number of halogens is 3. The third-order valence-corrected chi connectivity index (χ3v) is 5.60. The molecule has 9 nitrogen and oxygen atoms in total. The van der Waals surface area contributed by atoms with Crippen molar-refractivity contribution < 1.29 is 22.6 Å². The quantitative estimate of drug-likeness (QED) is 0.557. The standard InChI is InChI=1S/C20H22F3N7O2/c21-20(22,23)32-14-3-1-2-11(10-14)18-27-28-19-16-15(25-8-9-31-16)17(29-30(18)19)26-13-6-4-12(24)5-7-13/h1-3,10,12-13,25H,4-9,24H2,(H,26,29). The Morgan fingerprint density at radius 3 is 2.78 bits per heavy atom. The topological polar surface area (TPSA) is 112 Å². The zero-order valence-corrected chi connectivity index (χ0v) is 17.0. The average Bonchev–Trinajstić information content (AvgIpc) is 3.19. The fourth-order valence-electron chi connectivity index (χ4n) is 4.09. The monoisotopic (exact) mass is 449 g/mol. The molecular weight excluding hydrogens is 427 g/mol. The number of nitrogens with two attached hydrogens (primary N) is 1. The lowest BCUT2D eigenvalue weighted by atomic mass is 9.92. The van der Waals surface area contributed by atoms with E-state index in [1.807, 2.05) is 0 Å². The highest BCUT2D eigenvalue weighted by Gasteiger charge is 2.31. The molecule has 3 heterocycles. The Kier molecular flexibility index (Phi) is 5.16. The van der Waals surface area contributed by atoms with E-state index >= 15 is 0 Å². The van der Waals surface area contributed by atoms with Crippen LogP contribution in [0.4, 0.5) is 24.7 Å². The highest BCUT2D eigenvalue weighted by molar-refractivity contribution is 5.81. The van der Waals surface area contributed by atoms with Crippen molar-refractivity contribution in [1.82, 2.24) is 19.8 Å². The minimum Gasteiger partial charge on any atom is -0.486 e. The Morgan fingerprint density at radius 1 is 1.19 bits per heavy atom. The third-order valence-electron chi connectivity index (χ3n) is 5.60. The van der Waals surface area contributed by atoms with Crippen molar-refractivity contribution in [1.29, 1.82) is 0 Å². The summed E-state index contributed by atoms with van der Waals surface area (Å²) in [5.74, 6) is 1.01. The van der Waals surface area contributed by atoms with Crippen LogP contribution in [0.3, 0.4) is 0 Å². The maximum absolute atomic E-state index is 12.6. The second kappa shape index (κ2) is 8.01. The largest absolute Gasteiger partial charge is 0.573 e. The van der Waals surface area contributed by atoms with Gasteiger partial charge >= 0.3 is 6.36 Å². The van der Waals surface area contributed by atoms with Crippen LogP contribution in [0, 0.1) is 0 Å². The first-order chi connectivity index (χ1) is 15.4. The first-order valence-electron chi connectivity index (χ1n) is 10.4. The number of aromatic nitrogens is 4. The summed E-state index contributed by atoms with van der Waals surface area (Å²) in [5.41, 5.74) is 7.48. The maximum Gasteiger partial charge on any atom is 0.573 e. The number of ether oxygens (including phenoxy) is 2. The Hall–Kier alpha value is -3.28. The Morgan fingerprint density at radius 2 is 2.00 bits per heavy atom. The van der Waals surface area contributed by atoms with Gasteiger partial charge in [-0.1, -0.05) is 12.1 Å². The van der Waals surface area contributed by atoms with Crippen molar-refractivity contribution in [2.75, 3.05) is 23.8 Å². The van der Waals surface area contributed by atoms with E-state index in [0.717, 1.165) is 25.7 Å². The summed E-state index contributed by atoms with van der Waals surface area (Å²) < 4.78 is 49.3. The van der Waals surface area contributed by atoms with E-state index in [4.69, 9.17) is 10.5 Å². The first-order valence-corrected chi connectivity index (χ1v) is 10.4. The zero-order valence-electron chi connectivity index (χ0n) is 17.0. The van der Waals surface area contributed by atoms with Crippen LogP contribution in [0.2, 0.25) is 0 Å². The number of alkyl halides is 3. The molecule has 1 aliphatic carbocycles. The Bertz CT molecular complexity index is 1130. The van der Waals surface area contributed by atoms with Crippen molar-refractivity contribution in [2.24, 2.45) is 5.73 Å². The third kappa shape index (κ3) is 4.09. The van der Waals surface area contributed by atoms with Crippen LogP contribution in [0.15, 0.2) is 24.3 Å². The summed E-state index contributed by atoms with van der Waals surface area (Å²) in [6.07, 6.45) is -1.10. The number of benzene rings is 1. The predicted molar refractivity (Wildman–Crippen MR) is 111 cm³/mol. The molecule has 5 rings (SSSR count). The van der Waals surface area contributed by atoms with E-state index in [-0.39, 0.29) is 23.7 Å². The fraction of sp³-hybridized carbons (Fsp3) is 0.450. The minimum absolute atomic E-state index is 0.205. The van der Waals surface area contributed by atoms with Crippen LogP contribution in [0.1, 0.15) is 25.7 Å². The summed E-state index contributed by atoms with van der Waals surface area (Å²) >= 11 is 0. The lowest BCUT2D eigenvalue weighted by Crippen LogP contribution is -2.33. The molecule has 0 atom stereocenters. The van der Waals surface area contributed by atoms with Crippen molar-refractivity contribution in [2.45, 2.75) is 44.1 Å². The number of nitrogens with one attached hydrogen (secondary N) is 2. The molecule has 0 bridgehead atoms. The van der Waals surface area contributed by atoms with Gasteiger partial charge in [0.2, 0.25) is 5.65 Å². The summed E-state index contributed by atoms with van der Waals surface area (Å²) in [6, 6.07) is 5.97. The van der Waals surface area contributed by atoms with Gasteiger partial charge < -0.3 is 25.8 Å². The summed E-state index contributed by atoms with van der Waals surface area (Å²) in [6.45, 7) is 1.06. The molecule has 2 aliphatic rings. The van der Waals surface area contributed by atoms with Crippen LogP contribution < -0.4 is 25.8 Å². The molecule has 0 amide bonds. The summed E-state index contributed by atoms with van der Waals surface area (Å²) in [5, 5.41) is 19.8. The number of fused-ring (bicyclic) bond motifs is 3. The minimum atomic E-state index is -4.79. The molecular formula is C20H22F3N7O2. The van der Waals surface area contributed by atoms with E-state index in [9.17, 15) is 13.2 Å². The van der Waals surface area contributed by atoms with Gasteiger partial charge in [0.05, 0.1) is 0 Å². The molecule has 1 saturated carbocycles. The van der Waals surface area contributed by atoms with Gasteiger partial charge in [-0.15, -0.1) is 28.5 Å². The van der Waals surface area contributed by atoms with Gasteiger partial charge in [0.25, 0.3) is 0 Å². The van der Waals surface area contributed by atoms with Gasteiger partial charge in [0.1, 0.15) is 18.0 Å². The van der Waals surface area contributed by atoms with Crippen LogP contribution in [0.25, 0.3) is 17.0 Å². The molecule has 2 aromatic heterocycles. The molecule has 4 N–H and O–H groups in total. The Balaban J connectivity index is 1.55. The second-order valence-corrected chi connectivity index (χ2v) is 7.92. The van der Waals surface area contributed by atoms with E-state index < -0.39 is 6.36 Å². The van der Waals surface area contributed by atoms with Crippen LogP contribution in [-0.4, -0.2) is 51.4 Å². The predicted octanol–water partition coefficient (Wildman–Crippen LogP) is 3.18.